The SMILES string of the molecule is Cc1cc(C(=O)N2C[C@@H](COCC3CC3)[C@H](c3ccncc3)C2)n(C)n1. The van der Waals surface area contributed by atoms with Crippen molar-refractivity contribution in [1.82, 2.24) is 19.7 Å². The Morgan fingerprint density at radius 1 is 1.23 bits per heavy atom. The van der Waals surface area contributed by atoms with Crippen molar-refractivity contribution < 1.29 is 9.53 Å². The van der Waals surface area contributed by atoms with E-state index in [4.69, 9.17) is 4.74 Å². The predicted molar refractivity (Wildman–Crippen MR) is 97.9 cm³/mol. The molecule has 2 aromatic heterocycles. The Balaban J connectivity index is 1.49. The van der Waals surface area contributed by atoms with Crippen LogP contribution in [-0.4, -0.2) is 51.9 Å². The molecule has 2 aromatic rings. The van der Waals surface area contributed by atoms with Gasteiger partial charge in [0.2, 0.25) is 0 Å². The van der Waals surface area contributed by atoms with Crippen LogP contribution >= 0.6 is 0 Å². The summed E-state index contributed by atoms with van der Waals surface area (Å²) in [5.41, 5.74) is 2.75. The lowest BCUT2D eigenvalue weighted by Gasteiger charge is -2.18. The normalized spacial score (nSPS) is 22.8. The fourth-order valence-corrected chi connectivity index (χ4v) is 3.84. The van der Waals surface area contributed by atoms with Crippen LogP contribution in [0.15, 0.2) is 30.6 Å². The minimum absolute atomic E-state index is 0.0526. The van der Waals surface area contributed by atoms with Gasteiger partial charge >= 0.3 is 0 Å². The Bertz CT molecular complexity index is 769. The predicted octanol–water partition coefficient (Wildman–Crippen LogP) is 2.41. The fraction of sp³-hybridized carbons (Fsp3) is 0.550. The number of hydrogen-bond donors (Lipinski definition) is 0. The van der Waals surface area contributed by atoms with Gasteiger partial charge in [0.05, 0.1) is 12.3 Å². The summed E-state index contributed by atoms with van der Waals surface area (Å²) >= 11 is 0. The molecule has 1 aliphatic heterocycles. The average Bonchev–Trinajstić information content (AvgIpc) is 3.26. The van der Waals surface area contributed by atoms with Crippen LogP contribution in [0.3, 0.4) is 0 Å². The smallest absolute Gasteiger partial charge is 0.272 e. The lowest BCUT2D eigenvalue weighted by molar-refractivity contribution is 0.0731. The summed E-state index contributed by atoms with van der Waals surface area (Å²) in [6, 6.07) is 5.97. The third-order valence-electron chi connectivity index (χ3n) is 5.47. The van der Waals surface area contributed by atoms with Crippen molar-refractivity contribution in [3.8, 4) is 0 Å². The summed E-state index contributed by atoms with van der Waals surface area (Å²) in [5.74, 6) is 1.41. The Labute approximate surface area is 154 Å². The van der Waals surface area contributed by atoms with Gasteiger partial charge in [-0.15, -0.1) is 0 Å². The van der Waals surface area contributed by atoms with Gasteiger partial charge in [-0.05, 0) is 49.4 Å². The van der Waals surface area contributed by atoms with Gasteiger partial charge in [-0.25, -0.2) is 0 Å². The molecule has 1 amide bonds. The molecule has 6 nitrogen and oxygen atoms in total. The van der Waals surface area contributed by atoms with Crippen LogP contribution in [0.1, 0.15) is 40.5 Å². The highest BCUT2D eigenvalue weighted by molar-refractivity contribution is 5.93. The zero-order valence-corrected chi connectivity index (χ0v) is 15.5. The third kappa shape index (κ3) is 3.65. The van der Waals surface area contributed by atoms with Gasteiger partial charge in [0, 0.05) is 51.0 Å². The van der Waals surface area contributed by atoms with Gasteiger partial charge in [-0.1, -0.05) is 0 Å². The highest BCUT2D eigenvalue weighted by Gasteiger charge is 2.37. The second kappa shape index (κ2) is 7.19. The lowest BCUT2D eigenvalue weighted by Crippen LogP contribution is -2.31. The van der Waals surface area contributed by atoms with Crippen molar-refractivity contribution in [2.24, 2.45) is 18.9 Å². The maximum Gasteiger partial charge on any atom is 0.272 e. The standard InChI is InChI=1S/C20H26N4O2/c1-14-9-19(23(2)22-14)20(25)24-10-17(13-26-12-15-3-4-15)18(11-24)16-5-7-21-8-6-16/h5-9,15,17-18H,3-4,10-13H2,1-2H3/t17-,18-/m0/s1. The lowest BCUT2D eigenvalue weighted by atomic mass is 9.90. The monoisotopic (exact) mass is 354 g/mol. The Hall–Kier alpha value is -2.21. The molecule has 1 saturated carbocycles. The average molecular weight is 354 g/mol. The largest absolute Gasteiger partial charge is 0.381 e. The van der Waals surface area contributed by atoms with E-state index in [0.717, 1.165) is 24.8 Å². The van der Waals surface area contributed by atoms with Crippen LogP contribution in [0.4, 0.5) is 0 Å². The van der Waals surface area contributed by atoms with E-state index in [0.29, 0.717) is 24.8 Å². The molecule has 0 bridgehead atoms. The number of carbonyl (C=O) groups is 1. The number of likely N-dealkylation sites (tertiary alicyclic amines) is 1. The topological polar surface area (TPSA) is 60.3 Å². The number of pyridine rings is 1. The van der Waals surface area contributed by atoms with Crippen molar-refractivity contribution in [3.63, 3.8) is 0 Å². The summed E-state index contributed by atoms with van der Waals surface area (Å²) < 4.78 is 7.66. The molecule has 0 aromatic carbocycles. The minimum atomic E-state index is 0.0526. The number of hydrogen-bond acceptors (Lipinski definition) is 4. The molecule has 26 heavy (non-hydrogen) atoms. The Morgan fingerprint density at radius 3 is 2.65 bits per heavy atom. The molecule has 0 N–H and O–H groups in total. The van der Waals surface area contributed by atoms with Crippen LogP contribution < -0.4 is 0 Å². The molecule has 1 aliphatic carbocycles. The number of rotatable bonds is 6. The number of aryl methyl sites for hydroxylation is 2. The molecule has 0 radical (unpaired) electrons. The maximum absolute atomic E-state index is 13.0. The first-order valence-corrected chi connectivity index (χ1v) is 9.39. The number of ether oxygens (including phenoxy) is 1. The van der Waals surface area contributed by atoms with Crippen molar-refractivity contribution in [3.05, 3.63) is 47.5 Å². The first-order valence-electron chi connectivity index (χ1n) is 9.39. The zero-order valence-electron chi connectivity index (χ0n) is 15.5. The highest BCUT2D eigenvalue weighted by Crippen LogP contribution is 2.34. The van der Waals surface area contributed by atoms with Crippen molar-refractivity contribution in [2.75, 3.05) is 26.3 Å². The molecule has 3 heterocycles. The van der Waals surface area contributed by atoms with Gasteiger partial charge in [0.1, 0.15) is 5.69 Å². The summed E-state index contributed by atoms with van der Waals surface area (Å²) in [5, 5.41) is 4.31. The molecule has 0 unspecified atom stereocenters. The van der Waals surface area contributed by atoms with Gasteiger partial charge in [-0.2, -0.15) is 5.10 Å². The van der Waals surface area contributed by atoms with Gasteiger partial charge in [-0.3, -0.25) is 14.5 Å². The number of nitrogens with zero attached hydrogens (tertiary/aromatic N) is 4. The third-order valence-corrected chi connectivity index (χ3v) is 5.47. The van der Waals surface area contributed by atoms with E-state index in [1.54, 1.807) is 4.68 Å². The van der Waals surface area contributed by atoms with Crippen molar-refractivity contribution in [1.29, 1.82) is 0 Å². The summed E-state index contributed by atoms with van der Waals surface area (Å²) in [4.78, 5) is 19.1. The fourth-order valence-electron chi connectivity index (χ4n) is 3.84. The van der Waals surface area contributed by atoms with Crippen molar-refractivity contribution in [2.45, 2.75) is 25.7 Å². The van der Waals surface area contributed by atoms with Crippen LogP contribution in [0, 0.1) is 18.8 Å². The zero-order chi connectivity index (χ0) is 18.1. The van der Waals surface area contributed by atoms with Crippen LogP contribution in [0.25, 0.3) is 0 Å². The van der Waals surface area contributed by atoms with E-state index in [-0.39, 0.29) is 11.8 Å². The molecular formula is C20H26N4O2. The molecule has 4 rings (SSSR count). The van der Waals surface area contributed by atoms with E-state index in [9.17, 15) is 4.79 Å². The first kappa shape index (κ1) is 17.2. The van der Waals surface area contributed by atoms with Crippen molar-refractivity contribution >= 4 is 5.91 Å². The van der Waals surface area contributed by atoms with E-state index < -0.39 is 0 Å². The van der Waals surface area contributed by atoms with Crippen LogP contribution in [0.2, 0.25) is 0 Å². The first-order chi connectivity index (χ1) is 12.6. The maximum atomic E-state index is 13.0. The van der Waals surface area contributed by atoms with Gasteiger partial charge in [0.25, 0.3) is 5.91 Å². The van der Waals surface area contributed by atoms with E-state index in [1.807, 2.05) is 37.3 Å². The molecule has 138 valence electrons. The van der Waals surface area contributed by atoms with E-state index in [1.165, 1.54) is 18.4 Å². The summed E-state index contributed by atoms with van der Waals surface area (Å²) in [6.07, 6.45) is 6.24. The Kier molecular flexibility index (Phi) is 4.76. The molecule has 2 atom stereocenters. The number of carbonyl (C=O) groups excluding carboxylic acids is 1. The second-order valence-corrected chi connectivity index (χ2v) is 7.63. The van der Waals surface area contributed by atoms with E-state index in [2.05, 4.69) is 22.2 Å². The van der Waals surface area contributed by atoms with Gasteiger partial charge < -0.3 is 9.64 Å². The molecule has 2 fully saturated rings. The van der Waals surface area contributed by atoms with Gasteiger partial charge in [0.15, 0.2) is 0 Å². The number of aromatic nitrogens is 3. The Morgan fingerprint density at radius 2 is 2.00 bits per heavy atom. The van der Waals surface area contributed by atoms with Crippen LogP contribution in [-0.2, 0) is 11.8 Å². The molecule has 1 saturated heterocycles. The van der Waals surface area contributed by atoms with E-state index >= 15 is 0 Å². The highest BCUT2D eigenvalue weighted by atomic mass is 16.5. The summed E-state index contributed by atoms with van der Waals surface area (Å²) in [6.45, 7) is 4.91. The quantitative estimate of drug-likeness (QED) is 0.799. The molecule has 0 spiro atoms. The van der Waals surface area contributed by atoms with Crippen LogP contribution in [0.5, 0.6) is 0 Å². The molecular weight excluding hydrogens is 328 g/mol. The molecule has 6 heteroatoms. The number of amides is 1. The minimum Gasteiger partial charge on any atom is -0.381 e. The second-order valence-electron chi connectivity index (χ2n) is 7.63. The summed E-state index contributed by atoms with van der Waals surface area (Å²) in [7, 11) is 1.83. The molecule has 2 aliphatic rings.